The van der Waals surface area contributed by atoms with Crippen molar-refractivity contribution >= 4 is 28.8 Å². The fourth-order valence-corrected chi connectivity index (χ4v) is 2.83. The summed E-state index contributed by atoms with van der Waals surface area (Å²) in [5, 5.41) is 0.696. The number of nitrogens with zero attached hydrogens (tertiary/aromatic N) is 4. The van der Waals surface area contributed by atoms with Gasteiger partial charge in [-0.1, -0.05) is 48.5 Å². The second-order valence-corrected chi connectivity index (χ2v) is 5.98. The number of hydrogen-bond acceptors (Lipinski definition) is 8. The Labute approximate surface area is 160 Å². The van der Waals surface area contributed by atoms with Gasteiger partial charge in [0.15, 0.2) is 12.4 Å². The average molecular weight is 372 g/mol. The van der Waals surface area contributed by atoms with Gasteiger partial charge in [0.05, 0.1) is 16.8 Å². The first-order valence-electron chi connectivity index (χ1n) is 8.48. The van der Waals surface area contributed by atoms with Crippen molar-refractivity contribution in [1.82, 2.24) is 19.9 Å². The fraction of sp³-hybridized carbons (Fsp3) is 0.0500. The molecular weight excluding hydrogens is 356 g/mol. The molecule has 0 atom stereocenters. The third kappa shape index (κ3) is 3.56. The third-order valence-electron chi connectivity index (χ3n) is 4.05. The molecular formula is C20H16N6O2. The first-order valence-corrected chi connectivity index (χ1v) is 8.48. The lowest BCUT2D eigenvalue weighted by molar-refractivity contribution is 0.0464. The smallest absolute Gasteiger partial charge is 0.339 e. The number of rotatable bonds is 4. The molecule has 0 aliphatic carbocycles. The molecule has 0 spiro atoms. The van der Waals surface area contributed by atoms with Crippen molar-refractivity contribution in [3.8, 4) is 11.3 Å². The first-order chi connectivity index (χ1) is 13.6. The van der Waals surface area contributed by atoms with E-state index in [2.05, 4.69) is 19.9 Å². The van der Waals surface area contributed by atoms with Gasteiger partial charge in [-0.3, -0.25) is 0 Å². The second kappa shape index (κ2) is 7.28. The molecule has 2 aromatic heterocycles. The molecule has 0 bridgehead atoms. The summed E-state index contributed by atoms with van der Waals surface area (Å²) < 4.78 is 5.39. The zero-order valence-electron chi connectivity index (χ0n) is 14.7. The van der Waals surface area contributed by atoms with Crippen LogP contribution in [0.5, 0.6) is 0 Å². The number of esters is 1. The Bertz CT molecular complexity index is 1140. The van der Waals surface area contributed by atoms with E-state index in [0.29, 0.717) is 22.2 Å². The minimum absolute atomic E-state index is 0.0285. The monoisotopic (exact) mass is 372 g/mol. The number of aromatic nitrogens is 4. The predicted octanol–water partition coefficient (Wildman–Crippen LogP) is 2.61. The van der Waals surface area contributed by atoms with Crippen molar-refractivity contribution in [2.24, 2.45) is 0 Å². The highest BCUT2D eigenvalue weighted by Gasteiger charge is 2.16. The molecule has 28 heavy (non-hydrogen) atoms. The molecule has 0 aliphatic heterocycles. The number of anilines is 2. The third-order valence-corrected chi connectivity index (χ3v) is 4.05. The molecule has 4 N–H and O–H groups in total. The standard InChI is InChI=1S/C20H16N6O2/c21-19-24-17(25-20(22)26-19)11-28-18(27)14-10-16(12-6-2-1-3-7-12)23-15-9-5-4-8-13(14)15/h1-10H,11H2,(H4,21,22,24,25,26). The molecule has 4 aromatic rings. The molecule has 0 amide bonds. The molecule has 0 saturated carbocycles. The summed E-state index contributed by atoms with van der Waals surface area (Å²) in [6.07, 6.45) is 0. The molecule has 2 heterocycles. The van der Waals surface area contributed by atoms with Crippen LogP contribution in [0, 0.1) is 0 Å². The molecule has 0 saturated heterocycles. The number of ether oxygens (including phenoxy) is 1. The van der Waals surface area contributed by atoms with Gasteiger partial charge in [0, 0.05) is 10.9 Å². The summed E-state index contributed by atoms with van der Waals surface area (Å²) in [5.41, 5.74) is 13.8. The van der Waals surface area contributed by atoms with E-state index in [-0.39, 0.29) is 24.3 Å². The lowest BCUT2D eigenvalue weighted by atomic mass is 10.0. The minimum Gasteiger partial charge on any atom is -0.454 e. The molecule has 0 radical (unpaired) electrons. The molecule has 0 fully saturated rings. The molecule has 8 nitrogen and oxygen atoms in total. The maximum absolute atomic E-state index is 12.8. The van der Waals surface area contributed by atoms with Crippen LogP contribution in [0.3, 0.4) is 0 Å². The Morgan fingerprint density at radius 3 is 2.29 bits per heavy atom. The van der Waals surface area contributed by atoms with E-state index >= 15 is 0 Å². The molecule has 0 aliphatic rings. The summed E-state index contributed by atoms with van der Waals surface area (Å²) >= 11 is 0. The SMILES string of the molecule is Nc1nc(N)nc(COC(=O)c2cc(-c3ccccc3)nc3ccccc23)n1. The topological polar surface area (TPSA) is 130 Å². The van der Waals surface area contributed by atoms with Crippen molar-refractivity contribution in [2.45, 2.75) is 6.61 Å². The minimum atomic E-state index is -0.520. The molecule has 0 unspecified atom stereocenters. The molecule has 8 heteroatoms. The van der Waals surface area contributed by atoms with Gasteiger partial charge in [0.1, 0.15) is 0 Å². The van der Waals surface area contributed by atoms with Crippen LogP contribution in [0.1, 0.15) is 16.2 Å². The van der Waals surface area contributed by atoms with E-state index < -0.39 is 5.97 Å². The maximum Gasteiger partial charge on any atom is 0.339 e. The summed E-state index contributed by atoms with van der Waals surface area (Å²) in [6, 6.07) is 18.7. The highest BCUT2D eigenvalue weighted by atomic mass is 16.5. The molecule has 4 rings (SSSR count). The zero-order chi connectivity index (χ0) is 19.5. The van der Waals surface area contributed by atoms with Crippen LogP contribution >= 0.6 is 0 Å². The Balaban J connectivity index is 1.69. The number of nitrogens with two attached hydrogens (primary N) is 2. The number of carbonyl (C=O) groups is 1. The van der Waals surface area contributed by atoms with E-state index in [0.717, 1.165) is 5.56 Å². The average Bonchev–Trinajstić information content (AvgIpc) is 2.71. The van der Waals surface area contributed by atoms with Gasteiger partial charge >= 0.3 is 5.97 Å². The van der Waals surface area contributed by atoms with Crippen LogP contribution in [0.2, 0.25) is 0 Å². The highest BCUT2D eigenvalue weighted by molar-refractivity contribution is 6.04. The van der Waals surface area contributed by atoms with Gasteiger partial charge < -0.3 is 16.2 Å². The summed E-state index contributed by atoms with van der Waals surface area (Å²) in [5.74, 6) is -0.396. The van der Waals surface area contributed by atoms with Crippen molar-refractivity contribution in [1.29, 1.82) is 0 Å². The Morgan fingerprint density at radius 2 is 1.54 bits per heavy atom. The number of benzene rings is 2. The van der Waals surface area contributed by atoms with Gasteiger partial charge in [0.25, 0.3) is 0 Å². The molecule has 138 valence electrons. The normalized spacial score (nSPS) is 10.7. The maximum atomic E-state index is 12.8. The Kier molecular flexibility index (Phi) is 4.51. The van der Waals surface area contributed by atoms with E-state index in [1.807, 2.05) is 54.6 Å². The van der Waals surface area contributed by atoms with Crippen molar-refractivity contribution in [2.75, 3.05) is 11.5 Å². The first kappa shape index (κ1) is 17.3. The summed E-state index contributed by atoms with van der Waals surface area (Å²) in [7, 11) is 0. The van der Waals surface area contributed by atoms with Crippen molar-refractivity contribution in [3.05, 3.63) is 72.1 Å². The van der Waals surface area contributed by atoms with Crippen LogP contribution in [-0.4, -0.2) is 25.9 Å². The number of pyridine rings is 1. The zero-order valence-corrected chi connectivity index (χ0v) is 14.7. The quantitative estimate of drug-likeness (QED) is 0.523. The van der Waals surface area contributed by atoms with Gasteiger partial charge in [0.2, 0.25) is 11.9 Å². The van der Waals surface area contributed by atoms with E-state index in [1.54, 1.807) is 6.07 Å². The number of para-hydroxylation sites is 1. The van der Waals surface area contributed by atoms with Crippen LogP contribution in [0.15, 0.2) is 60.7 Å². The van der Waals surface area contributed by atoms with Crippen LogP contribution < -0.4 is 11.5 Å². The van der Waals surface area contributed by atoms with E-state index in [4.69, 9.17) is 16.2 Å². The van der Waals surface area contributed by atoms with Gasteiger partial charge in [-0.25, -0.2) is 9.78 Å². The largest absolute Gasteiger partial charge is 0.454 e. The number of fused-ring (bicyclic) bond motifs is 1. The van der Waals surface area contributed by atoms with E-state index in [9.17, 15) is 4.79 Å². The summed E-state index contributed by atoms with van der Waals surface area (Å²) in [6.45, 7) is -0.174. The Hall–Kier alpha value is -4.07. The second-order valence-electron chi connectivity index (χ2n) is 5.98. The van der Waals surface area contributed by atoms with Gasteiger partial charge in [-0.2, -0.15) is 15.0 Å². The van der Waals surface area contributed by atoms with E-state index in [1.165, 1.54) is 0 Å². The van der Waals surface area contributed by atoms with Crippen molar-refractivity contribution < 1.29 is 9.53 Å². The highest BCUT2D eigenvalue weighted by Crippen LogP contribution is 2.25. The fourth-order valence-electron chi connectivity index (χ4n) is 2.83. The van der Waals surface area contributed by atoms with Crippen LogP contribution in [-0.2, 0) is 11.3 Å². The van der Waals surface area contributed by atoms with Crippen LogP contribution in [0.4, 0.5) is 11.9 Å². The summed E-state index contributed by atoms with van der Waals surface area (Å²) in [4.78, 5) is 29.0. The predicted molar refractivity (Wildman–Crippen MR) is 105 cm³/mol. The van der Waals surface area contributed by atoms with Crippen LogP contribution in [0.25, 0.3) is 22.2 Å². The number of nitrogen functional groups attached to an aromatic ring is 2. The molecule has 2 aromatic carbocycles. The lowest BCUT2D eigenvalue weighted by Gasteiger charge is -2.10. The number of hydrogen-bond donors (Lipinski definition) is 2. The van der Waals surface area contributed by atoms with Crippen molar-refractivity contribution in [3.63, 3.8) is 0 Å². The van der Waals surface area contributed by atoms with Gasteiger partial charge in [-0.15, -0.1) is 0 Å². The lowest BCUT2D eigenvalue weighted by Crippen LogP contribution is -2.11. The number of carbonyl (C=O) groups excluding carboxylic acids is 1. The van der Waals surface area contributed by atoms with Gasteiger partial charge in [-0.05, 0) is 12.1 Å². The Morgan fingerprint density at radius 1 is 0.857 bits per heavy atom.